The van der Waals surface area contributed by atoms with E-state index in [1.165, 1.54) is 32.1 Å². The van der Waals surface area contributed by atoms with Crippen LogP contribution in [0, 0.1) is 56.7 Å². The van der Waals surface area contributed by atoms with Crippen molar-refractivity contribution in [3.8, 4) is 0 Å². The first-order valence-corrected chi connectivity index (χ1v) is 13.8. The molecule has 0 aliphatic heterocycles. The molecule has 2 heteroatoms. The van der Waals surface area contributed by atoms with Gasteiger partial charge in [-0.25, -0.2) is 0 Å². The van der Waals surface area contributed by atoms with Gasteiger partial charge in [-0.2, -0.15) is 0 Å². The third-order valence-electron chi connectivity index (χ3n) is 13.4. The Morgan fingerprint density at radius 2 is 1.56 bits per heavy atom. The highest BCUT2D eigenvalue weighted by Gasteiger charge is 2.71. The van der Waals surface area contributed by atoms with Crippen LogP contribution in [0.25, 0.3) is 0 Å². The van der Waals surface area contributed by atoms with Crippen LogP contribution in [0.1, 0.15) is 107 Å². The van der Waals surface area contributed by atoms with E-state index in [2.05, 4.69) is 61.5 Å². The topological polar surface area (TPSA) is 40.5 Å². The molecule has 4 saturated carbocycles. The Labute approximate surface area is 197 Å². The number of aliphatic hydroxyl groups is 2. The van der Waals surface area contributed by atoms with Gasteiger partial charge in [0.05, 0.1) is 12.2 Å². The van der Waals surface area contributed by atoms with Gasteiger partial charge in [-0.15, -0.1) is 0 Å². The van der Waals surface area contributed by atoms with Gasteiger partial charge in [0.15, 0.2) is 0 Å². The molecule has 182 valence electrons. The summed E-state index contributed by atoms with van der Waals surface area (Å²) >= 11 is 0. The molecule has 0 unspecified atom stereocenters. The van der Waals surface area contributed by atoms with Gasteiger partial charge in [0, 0.05) is 0 Å². The van der Waals surface area contributed by atoms with Gasteiger partial charge in [-0.3, -0.25) is 0 Å². The van der Waals surface area contributed by atoms with Crippen LogP contribution >= 0.6 is 0 Å². The third-order valence-corrected chi connectivity index (χ3v) is 13.4. The highest BCUT2D eigenvalue weighted by atomic mass is 16.3. The number of rotatable bonds is 0. The lowest BCUT2D eigenvalue weighted by molar-refractivity contribution is -0.277. The molecule has 2 nitrogen and oxygen atoms in total. The molecule has 4 fully saturated rings. The Bertz CT molecular complexity index is 814. The van der Waals surface area contributed by atoms with Crippen molar-refractivity contribution in [2.45, 2.75) is 119 Å². The predicted molar refractivity (Wildman–Crippen MR) is 132 cm³/mol. The molecule has 0 aromatic heterocycles. The molecule has 0 bridgehead atoms. The molecule has 2 N–H and O–H groups in total. The average molecular weight is 443 g/mol. The Balaban J connectivity index is 1.58. The Morgan fingerprint density at radius 3 is 2.25 bits per heavy atom. The van der Waals surface area contributed by atoms with Crippen molar-refractivity contribution in [1.29, 1.82) is 0 Å². The fraction of sp³-hybridized carbons (Fsp3) is 0.933. The number of allylic oxidation sites excluding steroid dienone is 2. The minimum absolute atomic E-state index is 0.123. The van der Waals surface area contributed by atoms with Gasteiger partial charge in [0.2, 0.25) is 0 Å². The second kappa shape index (κ2) is 6.87. The molecule has 0 aromatic carbocycles. The zero-order valence-corrected chi connectivity index (χ0v) is 22.2. The van der Waals surface area contributed by atoms with E-state index in [0.717, 1.165) is 31.1 Å². The molecular weight excluding hydrogens is 392 g/mol. The maximum absolute atomic E-state index is 11.8. The van der Waals surface area contributed by atoms with Gasteiger partial charge in [-0.1, -0.05) is 60.1 Å². The fourth-order valence-electron chi connectivity index (χ4n) is 11.4. The summed E-state index contributed by atoms with van der Waals surface area (Å²) in [6.07, 6.45) is 11.4. The van der Waals surface area contributed by atoms with E-state index in [0.29, 0.717) is 22.7 Å². The minimum Gasteiger partial charge on any atom is -0.393 e. The Morgan fingerprint density at radius 1 is 0.875 bits per heavy atom. The molecule has 5 aliphatic rings. The molecule has 0 saturated heterocycles. The number of hydrogen-bond acceptors (Lipinski definition) is 2. The van der Waals surface area contributed by atoms with E-state index in [1.54, 1.807) is 5.57 Å². The average Bonchev–Trinajstić information content (AvgIpc) is 2.69. The highest BCUT2D eigenvalue weighted by Crippen LogP contribution is 2.76. The maximum atomic E-state index is 11.8. The molecule has 5 aliphatic carbocycles. The summed E-state index contributed by atoms with van der Waals surface area (Å²) in [6.45, 7) is 19.6. The fourth-order valence-corrected chi connectivity index (χ4v) is 11.4. The van der Waals surface area contributed by atoms with Crippen LogP contribution in [0.2, 0.25) is 0 Å². The number of fused-ring (bicyclic) bond motifs is 7. The van der Waals surface area contributed by atoms with E-state index in [1.807, 2.05) is 0 Å². The zero-order valence-electron chi connectivity index (χ0n) is 22.2. The summed E-state index contributed by atoms with van der Waals surface area (Å²) in [5, 5.41) is 22.7. The van der Waals surface area contributed by atoms with Crippen LogP contribution in [-0.4, -0.2) is 22.4 Å². The molecule has 0 spiro atoms. The van der Waals surface area contributed by atoms with Gasteiger partial charge in [-0.05, 0) is 115 Å². The first-order valence-electron chi connectivity index (χ1n) is 13.8. The van der Waals surface area contributed by atoms with Crippen LogP contribution < -0.4 is 0 Å². The van der Waals surface area contributed by atoms with Crippen LogP contribution in [-0.2, 0) is 0 Å². The highest BCUT2D eigenvalue weighted by molar-refractivity contribution is 5.23. The largest absolute Gasteiger partial charge is 0.393 e. The number of hydrogen-bond donors (Lipinski definition) is 2. The standard InChI is InChI=1S/C30H50O2/c1-18-11-13-27(5)15-16-29(7)20(24(27)19(18)2)9-10-22-28(6)14-12-23(32)26(3,4)25(28)21(31)17-30(22,29)8/h11,19-25,31-32H,9-10,12-17H2,1-8H3/t19-,20-,21-,22-,23+,24-,25-,27-,28-,29-,30-/m1/s1. The summed E-state index contributed by atoms with van der Waals surface area (Å²) < 4.78 is 0. The summed E-state index contributed by atoms with van der Waals surface area (Å²) in [6, 6.07) is 0. The van der Waals surface area contributed by atoms with Gasteiger partial charge < -0.3 is 10.2 Å². The summed E-state index contributed by atoms with van der Waals surface area (Å²) in [4.78, 5) is 0. The second-order valence-corrected chi connectivity index (χ2v) is 14.8. The lowest BCUT2D eigenvalue weighted by Crippen LogP contribution is -2.70. The molecule has 32 heavy (non-hydrogen) atoms. The first kappa shape index (κ1) is 23.4. The minimum atomic E-state index is -0.305. The van der Waals surface area contributed by atoms with Gasteiger partial charge >= 0.3 is 0 Å². The molecule has 0 radical (unpaired) electrons. The van der Waals surface area contributed by atoms with Crippen LogP contribution in [0.4, 0.5) is 0 Å². The predicted octanol–water partition coefficient (Wildman–Crippen LogP) is 7.00. The third kappa shape index (κ3) is 2.66. The van der Waals surface area contributed by atoms with Gasteiger partial charge in [0.1, 0.15) is 0 Å². The molecule has 0 aromatic rings. The van der Waals surface area contributed by atoms with E-state index >= 15 is 0 Å². The normalized spacial score (nSPS) is 59.2. The lowest BCUT2D eigenvalue weighted by Gasteiger charge is -2.74. The lowest BCUT2D eigenvalue weighted by atomic mass is 9.31. The molecule has 5 rings (SSSR count). The zero-order chi connectivity index (χ0) is 23.5. The molecule has 0 heterocycles. The van der Waals surface area contributed by atoms with Crippen molar-refractivity contribution in [1.82, 2.24) is 0 Å². The SMILES string of the molecule is CC1=CC[C@]2(C)CC[C@]3(C)[C@H](CC[C@@H]4[C@@]5(C)CC[C@H](O)C(C)(C)[C@H]5[C@H](O)C[C@]43C)[C@H]2[C@@H]1C. The van der Waals surface area contributed by atoms with Crippen LogP contribution in [0.3, 0.4) is 0 Å². The van der Waals surface area contributed by atoms with E-state index < -0.39 is 0 Å². The van der Waals surface area contributed by atoms with Crippen molar-refractivity contribution in [2.75, 3.05) is 0 Å². The Kier molecular flexibility index (Phi) is 5.02. The van der Waals surface area contributed by atoms with E-state index in [4.69, 9.17) is 0 Å². The smallest absolute Gasteiger partial charge is 0.0595 e. The summed E-state index contributed by atoms with van der Waals surface area (Å²) in [7, 11) is 0. The van der Waals surface area contributed by atoms with Crippen molar-refractivity contribution < 1.29 is 10.2 Å². The van der Waals surface area contributed by atoms with Crippen molar-refractivity contribution >= 4 is 0 Å². The maximum Gasteiger partial charge on any atom is 0.0595 e. The second-order valence-electron chi connectivity index (χ2n) is 14.8. The first-order chi connectivity index (χ1) is 14.7. The van der Waals surface area contributed by atoms with E-state index in [-0.39, 0.29) is 34.4 Å². The van der Waals surface area contributed by atoms with Crippen molar-refractivity contribution in [3.63, 3.8) is 0 Å². The monoisotopic (exact) mass is 442 g/mol. The quantitative estimate of drug-likeness (QED) is 0.397. The molecular formula is C30H50O2. The van der Waals surface area contributed by atoms with Crippen molar-refractivity contribution in [3.05, 3.63) is 11.6 Å². The summed E-state index contributed by atoms with van der Waals surface area (Å²) in [5.74, 6) is 3.06. The number of aliphatic hydroxyl groups excluding tert-OH is 2. The van der Waals surface area contributed by atoms with E-state index in [9.17, 15) is 10.2 Å². The van der Waals surface area contributed by atoms with Crippen molar-refractivity contribution in [2.24, 2.45) is 56.7 Å². The van der Waals surface area contributed by atoms with Gasteiger partial charge in [0.25, 0.3) is 0 Å². The van der Waals surface area contributed by atoms with Crippen LogP contribution in [0.5, 0.6) is 0 Å². The summed E-state index contributed by atoms with van der Waals surface area (Å²) in [5.41, 5.74) is 2.44. The Hall–Kier alpha value is -0.340. The molecule has 11 atom stereocenters. The van der Waals surface area contributed by atoms with Crippen LogP contribution in [0.15, 0.2) is 11.6 Å². The molecule has 0 amide bonds.